The Bertz CT molecular complexity index is 756. The molecular weight excluding hydrogens is 448 g/mol. The van der Waals surface area contributed by atoms with Crippen molar-refractivity contribution < 1.29 is 33.9 Å². The quantitative estimate of drug-likeness (QED) is 0.129. The molecule has 4 atom stereocenters. The first-order valence-corrected chi connectivity index (χ1v) is 11.1. The summed E-state index contributed by atoms with van der Waals surface area (Å²) >= 11 is 0. The van der Waals surface area contributed by atoms with Crippen molar-refractivity contribution in [1.82, 2.24) is 16.0 Å². The van der Waals surface area contributed by atoms with E-state index in [-0.39, 0.29) is 43.9 Å². The Morgan fingerprint density at radius 1 is 0.735 bits per heavy atom. The van der Waals surface area contributed by atoms with Crippen molar-refractivity contribution >= 4 is 35.5 Å². The second kappa shape index (κ2) is 14.8. The number of carbonyl (C=O) groups excluding carboxylic acids is 5. The number of primary amides is 2. The van der Waals surface area contributed by atoms with Crippen molar-refractivity contribution in [3.63, 3.8) is 0 Å². The fourth-order valence-electron chi connectivity index (χ4n) is 3.00. The van der Waals surface area contributed by atoms with Gasteiger partial charge in [-0.25, -0.2) is 4.79 Å². The van der Waals surface area contributed by atoms with Crippen LogP contribution in [0.5, 0.6) is 0 Å². The fourth-order valence-corrected chi connectivity index (χ4v) is 3.00. The van der Waals surface area contributed by atoms with Gasteiger partial charge in [-0.1, -0.05) is 27.7 Å². The molecule has 0 spiro atoms. The van der Waals surface area contributed by atoms with Crippen LogP contribution >= 0.6 is 0 Å². The molecule has 194 valence electrons. The van der Waals surface area contributed by atoms with Gasteiger partial charge in [-0.2, -0.15) is 0 Å². The Hall–Kier alpha value is -3.22. The van der Waals surface area contributed by atoms with Gasteiger partial charge in [0, 0.05) is 12.8 Å². The van der Waals surface area contributed by atoms with Gasteiger partial charge in [0.05, 0.1) is 6.04 Å². The average molecular weight is 487 g/mol. The number of nitrogens with one attached hydrogen (secondary N) is 3. The number of amides is 5. The van der Waals surface area contributed by atoms with Crippen molar-refractivity contribution in [3.05, 3.63) is 0 Å². The van der Waals surface area contributed by atoms with Crippen molar-refractivity contribution in [1.29, 1.82) is 0 Å². The monoisotopic (exact) mass is 486 g/mol. The topological polar surface area (TPSA) is 237 Å². The number of aliphatic carboxylic acids is 1. The van der Waals surface area contributed by atoms with Crippen LogP contribution < -0.4 is 33.2 Å². The molecular formula is C21H38N6O7. The zero-order valence-corrected chi connectivity index (χ0v) is 20.1. The van der Waals surface area contributed by atoms with Crippen LogP contribution in [0.25, 0.3) is 0 Å². The van der Waals surface area contributed by atoms with E-state index in [1.54, 1.807) is 13.8 Å². The lowest BCUT2D eigenvalue weighted by Gasteiger charge is -2.27. The van der Waals surface area contributed by atoms with Crippen molar-refractivity contribution in [3.8, 4) is 0 Å². The van der Waals surface area contributed by atoms with Gasteiger partial charge in [0.1, 0.15) is 18.1 Å². The molecule has 0 aromatic heterocycles. The molecule has 0 aromatic rings. The van der Waals surface area contributed by atoms with Gasteiger partial charge in [0.15, 0.2) is 0 Å². The Labute approximate surface area is 198 Å². The van der Waals surface area contributed by atoms with E-state index in [2.05, 4.69) is 16.0 Å². The van der Waals surface area contributed by atoms with Gasteiger partial charge in [-0.15, -0.1) is 0 Å². The van der Waals surface area contributed by atoms with Crippen LogP contribution in [0, 0.1) is 11.8 Å². The summed E-state index contributed by atoms with van der Waals surface area (Å²) in [6.45, 7) is 6.99. The standard InChI is InChI=1S/C21H38N6O7/c1-10(2)9-14(19(31)25-13(21(33)34)6-8-16(24)29)26-20(32)17(11(3)4)27-18(30)12(22)5-7-15(23)28/h10-14,17H,5-9,22H2,1-4H3,(H2,23,28)(H2,24,29)(H,25,31)(H,26,32)(H,27,30)(H,33,34). The largest absolute Gasteiger partial charge is 0.480 e. The van der Waals surface area contributed by atoms with Gasteiger partial charge in [-0.05, 0) is 31.1 Å². The van der Waals surface area contributed by atoms with Gasteiger partial charge in [0.2, 0.25) is 29.5 Å². The van der Waals surface area contributed by atoms with Crippen LogP contribution in [0.3, 0.4) is 0 Å². The molecule has 0 radical (unpaired) electrons. The molecule has 4 unspecified atom stereocenters. The predicted octanol–water partition coefficient (Wildman–Crippen LogP) is -1.91. The van der Waals surface area contributed by atoms with Gasteiger partial charge in [-0.3, -0.25) is 24.0 Å². The smallest absolute Gasteiger partial charge is 0.326 e. The predicted molar refractivity (Wildman–Crippen MR) is 123 cm³/mol. The Morgan fingerprint density at radius 3 is 1.68 bits per heavy atom. The summed E-state index contributed by atoms with van der Waals surface area (Å²) in [5.41, 5.74) is 15.9. The molecule has 0 heterocycles. The van der Waals surface area contributed by atoms with E-state index in [0.29, 0.717) is 0 Å². The van der Waals surface area contributed by atoms with Crippen LogP contribution in [-0.2, 0) is 28.8 Å². The molecule has 10 N–H and O–H groups in total. The first kappa shape index (κ1) is 30.8. The average Bonchev–Trinajstić information content (AvgIpc) is 2.70. The molecule has 13 nitrogen and oxygen atoms in total. The van der Waals surface area contributed by atoms with E-state index in [4.69, 9.17) is 17.2 Å². The third kappa shape index (κ3) is 12.1. The van der Waals surface area contributed by atoms with E-state index in [1.807, 2.05) is 13.8 Å². The van der Waals surface area contributed by atoms with E-state index in [0.717, 1.165) is 0 Å². The highest BCUT2D eigenvalue weighted by atomic mass is 16.4. The molecule has 0 aliphatic heterocycles. The van der Waals surface area contributed by atoms with E-state index in [1.165, 1.54) is 0 Å². The SMILES string of the molecule is CC(C)CC(NC(=O)C(NC(=O)C(N)CCC(N)=O)C(C)C)C(=O)NC(CCC(N)=O)C(=O)O. The summed E-state index contributed by atoms with van der Waals surface area (Å²) in [6.07, 6.45) is -0.336. The lowest BCUT2D eigenvalue weighted by Crippen LogP contribution is -2.58. The number of carbonyl (C=O) groups is 6. The summed E-state index contributed by atoms with van der Waals surface area (Å²) in [6, 6.07) is -4.56. The summed E-state index contributed by atoms with van der Waals surface area (Å²) in [5.74, 6) is -5.15. The van der Waals surface area contributed by atoms with E-state index < -0.39 is 59.7 Å². The van der Waals surface area contributed by atoms with Crippen LogP contribution in [0.2, 0.25) is 0 Å². The summed E-state index contributed by atoms with van der Waals surface area (Å²) in [5, 5.41) is 16.7. The minimum absolute atomic E-state index is 0.00780. The first-order valence-electron chi connectivity index (χ1n) is 11.1. The highest BCUT2D eigenvalue weighted by molar-refractivity contribution is 5.94. The molecule has 5 amide bonds. The third-order valence-corrected chi connectivity index (χ3v) is 4.92. The molecule has 0 aromatic carbocycles. The van der Waals surface area contributed by atoms with Crippen molar-refractivity contribution in [2.24, 2.45) is 29.0 Å². The molecule has 0 saturated carbocycles. The van der Waals surface area contributed by atoms with Gasteiger partial charge in [0.25, 0.3) is 0 Å². The zero-order chi connectivity index (χ0) is 26.6. The zero-order valence-electron chi connectivity index (χ0n) is 20.1. The fraction of sp³-hybridized carbons (Fsp3) is 0.714. The first-order chi connectivity index (χ1) is 15.6. The van der Waals surface area contributed by atoms with E-state index >= 15 is 0 Å². The maximum Gasteiger partial charge on any atom is 0.326 e. The summed E-state index contributed by atoms with van der Waals surface area (Å²) in [7, 11) is 0. The molecule has 0 fully saturated rings. The minimum atomic E-state index is -1.37. The number of hydrogen-bond donors (Lipinski definition) is 7. The number of rotatable bonds is 16. The normalized spacial score (nSPS) is 14.6. The lowest BCUT2D eigenvalue weighted by atomic mass is 9.99. The molecule has 0 saturated heterocycles. The molecule has 0 bridgehead atoms. The van der Waals surface area contributed by atoms with Crippen LogP contribution in [0.15, 0.2) is 0 Å². The molecule has 13 heteroatoms. The summed E-state index contributed by atoms with van der Waals surface area (Å²) < 4.78 is 0. The number of nitrogens with two attached hydrogens (primary N) is 3. The maximum atomic E-state index is 12.9. The molecule has 34 heavy (non-hydrogen) atoms. The van der Waals surface area contributed by atoms with Crippen molar-refractivity contribution in [2.45, 2.75) is 84.0 Å². The third-order valence-electron chi connectivity index (χ3n) is 4.92. The van der Waals surface area contributed by atoms with Gasteiger partial charge < -0.3 is 38.3 Å². The van der Waals surface area contributed by atoms with Crippen molar-refractivity contribution in [2.75, 3.05) is 0 Å². The highest BCUT2D eigenvalue weighted by Crippen LogP contribution is 2.10. The van der Waals surface area contributed by atoms with Crippen LogP contribution in [-0.4, -0.2) is 64.8 Å². The Kier molecular flexibility index (Phi) is 13.4. The number of hydrogen-bond acceptors (Lipinski definition) is 7. The molecule has 0 aliphatic carbocycles. The lowest BCUT2D eigenvalue weighted by molar-refractivity contribution is -0.142. The summed E-state index contributed by atoms with van der Waals surface area (Å²) in [4.78, 5) is 71.4. The Morgan fingerprint density at radius 2 is 1.24 bits per heavy atom. The van der Waals surface area contributed by atoms with Crippen LogP contribution in [0.1, 0.15) is 59.8 Å². The second-order valence-corrected chi connectivity index (χ2v) is 8.94. The maximum absolute atomic E-state index is 12.9. The second-order valence-electron chi connectivity index (χ2n) is 8.94. The number of carboxylic acid groups (broad SMARTS) is 1. The van der Waals surface area contributed by atoms with Crippen LogP contribution in [0.4, 0.5) is 0 Å². The minimum Gasteiger partial charge on any atom is -0.480 e. The van der Waals surface area contributed by atoms with E-state index in [9.17, 15) is 33.9 Å². The molecule has 0 rings (SSSR count). The van der Waals surface area contributed by atoms with Gasteiger partial charge >= 0.3 is 5.97 Å². The Balaban J connectivity index is 5.41. The molecule has 0 aliphatic rings. The highest BCUT2D eigenvalue weighted by Gasteiger charge is 2.32. The number of carboxylic acids is 1.